The number of aromatic amines is 1. The Morgan fingerprint density at radius 3 is 2.62 bits per heavy atom. The molecule has 0 radical (unpaired) electrons. The highest BCUT2D eigenvalue weighted by Gasteiger charge is 2.13. The largest absolute Gasteiger partial charge is 0.325 e. The minimum atomic E-state index is -2.48. The third-order valence-electron chi connectivity index (χ3n) is 4.21. The summed E-state index contributed by atoms with van der Waals surface area (Å²) in [5.41, 5.74) is 0.920. The molecule has 0 atom stereocenters. The molecule has 0 aliphatic rings. The monoisotopic (exact) mass is 418 g/mol. The number of carbonyl (C=O) groups excluding carboxylic acids is 1. The van der Waals surface area contributed by atoms with Gasteiger partial charge < -0.3 is 10.3 Å². The number of nitrogens with zero attached hydrogens (tertiary/aromatic N) is 2. The molecule has 2 N–H and O–H groups in total. The van der Waals surface area contributed by atoms with E-state index in [4.69, 9.17) is 0 Å². The van der Waals surface area contributed by atoms with Gasteiger partial charge in [-0.3, -0.25) is 14.5 Å². The summed E-state index contributed by atoms with van der Waals surface area (Å²) in [4.78, 5) is 34.0. The van der Waals surface area contributed by atoms with Crippen molar-refractivity contribution in [2.75, 3.05) is 18.4 Å². The van der Waals surface area contributed by atoms with Crippen molar-refractivity contribution < 1.29 is 13.6 Å². The van der Waals surface area contributed by atoms with Gasteiger partial charge in [0, 0.05) is 10.6 Å². The van der Waals surface area contributed by atoms with Crippen LogP contribution >= 0.6 is 11.8 Å². The second-order valence-electron chi connectivity index (χ2n) is 6.28. The van der Waals surface area contributed by atoms with Crippen molar-refractivity contribution in [1.82, 2.24) is 14.9 Å². The lowest BCUT2D eigenvalue weighted by atomic mass is 10.2. The highest BCUT2D eigenvalue weighted by molar-refractivity contribution is 7.99. The number of halogens is 2. The molecule has 0 aliphatic heterocycles. The number of alkyl halides is 2. The van der Waals surface area contributed by atoms with Crippen molar-refractivity contribution in [3.63, 3.8) is 0 Å². The van der Waals surface area contributed by atoms with Crippen LogP contribution in [0.15, 0.2) is 58.2 Å². The number of aromatic nitrogens is 2. The van der Waals surface area contributed by atoms with Crippen molar-refractivity contribution in [2.24, 2.45) is 0 Å². The number of thioether (sulfide) groups is 1. The van der Waals surface area contributed by atoms with E-state index < -0.39 is 5.76 Å². The van der Waals surface area contributed by atoms with Crippen LogP contribution in [0.25, 0.3) is 10.9 Å². The van der Waals surface area contributed by atoms with Gasteiger partial charge in [-0.25, -0.2) is 4.98 Å². The predicted molar refractivity (Wildman–Crippen MR) is 110 cm³/mol. The van der Waals surface area contributed by atoms with Crippen LogP contribution in [0, 0.1) is 0 Å². The Labute approximate surface area is 170 Å². The van der Waals surface area contributed by atoms with Crippen LogP contribution in [-0.4, -0.2) is 39.6 Å². The molecule has 0 spiro atoms. The topological polar surface area (TPSA) is 78.1 Å². The van der Waals surface area contributed by atoms with E-state index in [0.29, 0.717) is 52.2 Å². The molecule has 29 heavy (non-hydrogen) atoms. The van der Waals surface area contributed by atoms with Crippen LogP contribution in [0.3, 0.4) is 0 Å². The molecular weight excluding hydrogens is 398 g/mol. The standard InChI is InChI=1S/C20H20F2N4O2S/c1-2-26(11-17-24-16-6-4-3-5-15(16)19(28)25-17)12-18(27)23-13-7-9-14(10-8-13)29-20(21)22/h3-10,20H,2,11-12H2,1H3,(H,23,27)(H,24,25,28). The average molecular weight is 418 g/mol. The van der Waals surface area contributed by atoms with E-state index in [1.807, 2.05) is 17.9 Å². The minimum absolute atomic E-state index is 0.0978. The van der Waals surface area contributed by atoms with Gasteiger partial charge in [0.05, 0.1) is 24.0 Å². The molecule has 0 fully saturated rings. The van der Waals surface area contributed by atoms with Gasteiger partial charge in [-0.2, -0.15) is 8.78 Å². The van der Waals surface area contributed by atoms with Crippen molar-refractivity contribution >= 4 is 34.3 Å². The molecule has 1 aromatic heterocycles. The Hall–Kier alpha value is -2.78. The van der Waals surface area contributed by atoms with Gasteiger partial charge in [0.15, 0.2) is 0 Å². The lowest BCUT2D eigenvalue weighted by Gasteiger charge is -2.19. The molecular formula is C20H20F2N4O2S. The zero-order chi connectivity index (χ0) is 20.8. The second-order valence-corrected chi connectivity index (χ2v) is 7.35. The number of para-hydroxylation sites is 1. The highest BCUT2D eigenvalue weighted by Crippen LogP contribution is 2.26. The van der Waals surface area contributed by atoms with Crippen molar-refractivity contribution in [3.8, 4) is 0 Å². The summed E-state index contributed by atoms with van der Waals surface area (Å²) in [6.07, 6.45) is 0. The Kier molecular flexibility index (Phi) is 6.95. The number of likely N-dealkylation sites (N-methyl/N-ethyl adjacent to an activating group) is 1. The quantitative estimate of drug-likeness (QED) is 0.546. The van der Waals surface area contributed by atoms with E-state index in [2.05, 4.69) is 15.3 Å². The van der Waals surface area contributed by atoms with E-state index in [-0.39, 0.29) is 18.0 Å². The van der Waals surface area contributed by atoms with Gasteiger partial charge in [0.1, 0.15) is 5.82 Å². The number of benzene rings is 2. The SMILES string of the molecule is CCN(CC(=O)Nc1ccc(SC(F)F)cc1)Cc1nc2ccccc2c(=O)[nH]1. The van der Waals surface area contributed by atoms with Crippen LogP contribution in [0.4, 0.5) is 14.5 Å². The Morgan fingerprint density at radius 1 is 1.21 bits per heavy atom. The summed E-state index contributed by atoms with van der Waals surface area (Å²) in [5.74, 6) is -2.25. The van der Waals surface area contributed by atoms with E-state index >= 15 is 0 Å². The first-order chi connectivity index (χ1) is 13.9. The maximum absolute atomic E-state index is 12.4. The van der Waals surface area contributed by atoms with Crippen molar-refractivity contribution in [2.45, 2.75) is 24.1 Å². The second kappa shape index (κ2) is 9.62. The fraction of sp³-hybridized carbons (Fsp3) is 0.250. The van der Waals surface area contributed by atoms with Crippen LogP contribution < -0.4 is 10.9 Å². The predicted octanol–water partition coefficient (Wildman–Crippen LogP) is 3.70. The number of H-pyrrole nitrogens is 1. The average Bonchev–Trinajstić information content (AvgIpc) is 2.68. The summed E-state index contributed by atoms with van der Waals surface area (Å²) in [6, 6.07) is 13.3. The summed E-state index contributed by atoms with van der Waals surface area (Å²) in [7, 11) is 0. The number of fused-ring (bicyclic) bond motifs is 1. The van der Waals surface area contributed by atoms with Crippen LogP contribution in [0.1, 0.15) is 12.7 Å². The third kappa shape index (κ3) is 5.85. The smallest absolute Gasteiger partial charge is 0.288 e. The first kappa shape index (κ1) is 20.9. The number of anilines is 1. The molecule has 9 heteroatoms. The van der Waals surface area contributed by atoms with Crippen molar-refractivity contribution in [3.05, 3.63) is 64.7 Å². The fourth-order valence-corrected chi connectivity index (χ4v) is 3.32. The lowest BCUT2D eigenvalue weighted by Crippen LogP contribution is -2.33. The molecule has 3 aromatic rings. The van der Waals surface area contributed by atoms with Gasteiger partial charge in [0.25, 0.3) is 11.3 Å². The lowest BCUT2D eigenvalue weighted by molar-refractivity contribution is -0.117. The van der Waals surface area contributed by atoms with Crippen LogP contribution in [-0.2, 0) is 11.3 Å². The zero-order valence-electron chi connectivity index (χ0n) is 15.7. The fourth-order valence-electron chi connectivity index (χ4n) is 2.82. The van der Waals surface area contributed by atoms with Gasteiger partial charge in [0.2, 0.25) is 5.91 Å². The molecule has 0 saturated carbocycles. The molecule has 6 nitrogen and oxygen atoms in total. The maximum atomic E-state index is 12.4. The number of amides is 1. The van der Waals surface area contributed by atoms with E-state index in [1.165, 1.54) is 12.1 Å². The number of hydrogen-bond donors (Lipinski definition) is 2. The highest BCUT2D eigenvalue weighted by atomic mass is 32.2. The summed E-state index contributed by atoms with van der Waals surface area (Å²) < 4.78 is 24.7. The first-order valence-electron chi connectivity index (χ1n) is 8.99. The first-order valence-corrected chi connectivity index (χ1v) is 9.87. The van der Waals surface area contributed by atoms with Crippen LogP contribution in [0.2, 0.25) is 0 Å². The molecule has 0 aliphatic carbocycles. The Morgan fingerprint density at radius 2 is 1.93 bits per heavy atom. The summed E-state index contributed by atoms with van der Waals surface area (Å²) >= 11 is 0.453. The number of rotatable bonds is 8. The number of carbonyl (C=O) groups is 1. The Balaban J connectivity index is 1.62. The zero-order valence-corrected chi connectivity index (χ0v) is 16.5. The normalized spacial score (nSPS) is 11.3. The molecule has 0 saturated heterocycles. The minimum Gasteiger partial charge on any atom is -0.325 e. The van der Waals surface area contributed by atoms with Crippen molar-refractivity contribution in [1.29, 1.82) is 0 Å². The van der Waals surface area contributed by atoms with E-state index in [9.17, 15) is 18.4 Å². The van der Waals surface area contributed by atoms with Crippen LogP contribution in [0.5, 0.6) is 0 Å². The molecule has 1 amide bonds. The Bertz CT molecular complexity index is 1040. The third-order valence-corrected chi connectivity index (χ3v) is 4.94. The van der Waals surface area contributed by atoms with Gasteiger partial charge in [-0.15, -0.1) is 0 Å². The van der Waals surface area contributed by atoms with Gasteiger partial charge in [-0.05, 0) is 42.9 Å². The van der Waals surface area contributed by atoms with E-state index in [1.54, 1.807) is 30.3 Å². The molecule has 0 bridgehead atoms. The molecule has 1 heterocycles. The van der Waals surface area contributed by atoms with E-state index in [0.717, 1.165) is 0 Å². The summed E-state index contributed by atoms with van der Waals surface area (Å²) in [5, 5.41) is 3.26. The maximum Gasteiger partial charge on any atom is 0.288 e. The molecule has 2 aromatic carbocycles. The van der Waals surface area contributed by atoms with Gasteiger partial charge >= 0.3 is 0 Å². The molecule has 3 rings (SSSR count). The number of hydrogen-bond acceptors (Lipinski definition) is 5. The van der Waals surface area contributed by atoms with Gasteiger partial charge in [-0.1, -0.05) is 30.8 Å². The summed E-state index contributed by atoms with van der Waals surface area (Å²) in [6.45, 7) is 2.89. The molecule has 0 unspecified atom stereocenters. The number of nitrogens with one attached hydrogen (secondary N) is 2. The molecule has 152 valence electrons.